The Morgan fingerprint density at radius 2 is 2.10 bits per heavy atom. The summed E-state index contributed by atoms with van der Waals surface area (Å²) in [6.45, 7) is -1.42. The molecule has 0 saturated heterocycles. The molecular formula is C13H13F3N2O3. The molecule has 8 heteroatoms. The summed E-state index contributed by atoms with van der Waals surface area (Å²) in [7, 11) is 0. The monoisotopic (exact) mass is 302 g/mol. The van der Waals surface area contributed by atoms with Crippen LogP contribution in [0.1, 0.15) is 17.3 Å². The van der Waals surface area contributed by atoms with Crippen molar-refractivity contribution in [2.75, 3.05) is 13.2 Å². The molecule has 0 aliphatic carbocycles. The molecule has 1 N–H and O–H groups in total. The van der Waals surface area contributed by atoms with Crippen molar-refractivity contribution in [2.45, 2.75) is 19.0 Å². The normalized spacial score (nSPS) is 11.8. The number of hydrogen-bond donors (Lipinski definition) is 1. The van der Waals surface area contributed by atoms with Gasteiger partial charge < -0.3 is 14.4 Å². The number of phenolic OH excluding ortho intramolecular Hbond substituents is 1. The number of aromatic nitrogens is 2. The average molecular weight is 302 g/mol. The van der Waals surface area contributed by atoms with Crippen molar-refractivity contribution in [2.24, 2.45) is 0 Å². The van der Waals surface area contributed by atoms with Gasteiger partial charge in [-0.2, -0.15) is 18.2 Å². The molecule has 1 aromatic heterocycles. The van der Waals surface area contributed by atoms with E-state index in [1.54, 1.807) is 24.3 Å². The van der Waals surface area contributed by atoms with Crippen LogP contribution in [0.5, 0.6) is 5.75 Å². The van der Waals surface area contributed by atoms with E-state index >= 15 is 0 Å². The van der Waals surface area contributed by atoms with Crippen LogP contribution in [0.2, 0.25) is 0 Å². The van der Waals surface area contributed by atoms with Gasteiger partial charge in [-0.15, -0.1) is 0 Å². The fraction of sp³-hybridized carbons (Fsp3) is 0.385. The molecule has 0 bridgehead atoms. The Hall–Kier alpha value is -2.09. The number of phenols is 1. The smallest absolute Gasteiger partial charge is 0.411 e. The fourth-order valence-corrected chi connectivity index (χ4v) is 1.66. The number of aromatic hydroxyl groups is 1. The highest BCUT2D eigenvalue weighted by Gasteiger charge is 2.27. The van der Waals surface area contributed by atoms with Crippen LogP contribution in [-0.2, 0) is 17.6 Å². The third-order valence-corrected chi connectivity index (χ3v) is 2.51. The van der Waals surface area contributed by atoms with Crippen LogP contribution in [-0.4, -0.2) is 34.6 Å². The molecule has 1 heterocycles. The maximum Gasteiger partial charge on any atom is 0.411 e. The zero-order valence-corrected chi connectivity index (χ0v) is 10.9. The van der Waals surface area contributed by atoms with Crippen LogP contribution in [0.4, 0.5) is 13.2 Å². The Bertz CT molecular complexity index is 584. The Labute approximate surface area is 118 Å². The predicted molar refractivity (Wildman–Crippen MR) is 65.8 cm³/mol. The van der Waals surface area contributed by atoms with Gasteiger partial charge in [-0.3, -0.25) is 0 Å². The van der Waals surface area contributed by atoms with Crippen molar-refractivity contribution in [3.05, 3.63) is 41.5 Å². The van der Waals surface area contributed by atoms with E-state index in [1.807, 2.05) is 0 Å². The number of ether oxygens (including phenoxy) is 1. The summed E-state index contributed by atoms with van der Waals surface area (Å²) in [5.74, 6) is 0.742. The van der Waals surface area contributed by atoms with Gasteiger partial charge in [-0.05, 0) is 17.7 Å². The second kappa shape index (κ2) is 6.57. The largest absolute Gasteiger partial charge is 0.508 e. The van der Waals surface area contributed by atoms with Gasteiger partial charge in [0.25, 0.3) is 0 Å². The highest BCUT2D eigenvalue weighted by molar-refractivity contribution is 5.28. The molecule has 0 atom stereocenters. The van der Waals surface area contributed by atoms with Crippen molar-refractivity contribution < 1.29 is 27.5 Å². The maximum absolute atomic E-state index is 11.9. The number of benzene rings is 1. The molecule has 5 nitrogen and oxygen atoms in total. The van der Waals surface area contributed by atoms with E-state index in [-0.39, 0.29) is 24.6 Å². The third-order valence-electron chi connectivity index (χ3n) is 2.51. The first-order chi connectivity index (χ1) is 9.92. The van der Waals surface area contributed by atoms with Gasteiger partial charge in [0.15, 0.2) is 5.82 Å². The highest BCUT2D eigenvalue weighted by Crippen LogP contribution is 2.15. The lowest BCUT2D eigenvalue weighted by Gasteiger charge is -2.05. The van der Waals surface area contributed by atoms with Gasteiger partial charge in [0.05, 0.1) is 13.0 Å². The van der Waals surface area contributed by atoms with Crippen molar-refractivity contribution in [1.82, 2.24) is 10.1 Å². The molecule has 2 aromatic rings. The predicted octanol–water partition coefficient (Wildman–Crippen LogP) is 2.49. The highest BCUT2D eigenvalue weighted by atomic mass is 19.4. The van der Waals surface area contributed by atoms with E-state index < -0.39 is 12.8 Å². The van der Waals surface area contributed by atoms with E-state index in [0.29, 0.717) is 12.3 Å². The van der Waals surface area contributed by atoms with Gasteiger partial charge in [0.2, 0.25) is 5.89 Å². The van der Waals surface area contributed by atoms with Crippen molar-refractivity contribution in [3.63, 3.8) is 0 Å². The molecule has 0 aliphatic rings. The molecule has 0 aliphatic heterocycles. The second-order valence-electron chi connectivity index (χ2n) is 4.37. The van der Waals surface area contributed by atoms with E-state index in [4.69, 9.17) is 4.52 Å². The van der Waals surface area contributed by atoms with Gasteiger partial charge in [0.1, 0.15) is 12.4 Å². The molecule has 21 heavy (non-hydrogen) atoms. The van der Waals surface area contributed by atoms with Crippen molar-refractivity contribution in [1.29, 1.82) is 0 Å². The van der Waals surface area contributed by atoms with Gasteiger partial charge >= 0.3 is 6.18 Å². The van der Waals surface area contributed by atoms with Crippen LogP contribution in [0.25, 0.3) is 0 Å². The molecule has 0 radical (unpaired) electrons. The van der Waals surface area contributed by atoms with Crippen LogP contribution < -0.4 is 0 Å². The number of nitrogens with zero attached hydrogens (tertiary/aromatic N) is 2. The molecule has 114 valence electrons. The van der Waals surface area contributed by atoms with Gasteiger partial charge in [-0.1, -0.05) is 17.3 Å². The van der Waals surface area contributed by atoms with E-state index in [2.05, 4.69) is 14.9 Å². The van der Waals surface area contributed by atoms with E-state index in [0.717, 1.165) is 5.56 Å². The maximum atomic E-state index is 11.9. The lowest BCUT2D eigenvalue weighted by molar-refractivity contribution is -0.173. The van der Waals surface area contributed by atoms with Crippen molar-refractivity contribution in [3.8, 4) is 5.75 Å². The summed E-state index contributed by atoms with van der Waals surface area (Å²) >= 11 is 0. The lowest BCUT2D eigenvalue weighted by Crippen LogP contribution is -2.18. The lowest BCUT2D eigenvalue weighted by atomic mass is 10.1. The second-order valence-corrected chi connectivity index (χ2v) is 4.37. The number of halogens is 3. The summed E-state index contributed by atoms with van der Waals surface area (Å²) in [5.41, 5.74) is 0.790. The summed E-state index contributed by atoms with van der Waals surface area (Å²) in [6.07, 6.45) is -3.86. The third kappa shape index (κ3) is 5.42. The Kier molecular flexibility index (Phi) is 4.79. The standard InChI is InChI=1S/C13H13F3N2O3/c14-13(15,16)8-20-5-4-11-17-12(21-18-11)7-9-2-1-3-10(19)6-9/h1-3,6,19H,4-5,7-8H2. The molecule has 0 saturated carbocycles. The minimum Gasteiger partial charge on any atom is -0.508 e. The molecule has 0 amide bonds. The average Bonchev–Trinajstić information content (AvgIpc) is 2.81. The van der Waals surface area contributed by atoms with Crippen LogP contribution >= 0.6 is 0 Å². The minimum atomic E-state index is -4.34. The summed E-state index contributed by atoms with van der Waals surface area (Å²) in [4.78, 5) is 4.05. The first-order valence-corrected chi connectivity index (χ1v) is 6.16. The Morgan fingerprint density at radius 1 is 1.29 bits per heavy atom. The Balaban J connectivity index is 1.81. The summed E-state index contributed by atoms with van der Waals surface area (Å²) < 4.78 is 45.0. The molecular weight excluding hydrogens is 289 g/mol. The molecule has 2 rings (SSSR count). The molecule has 1 aromatic carbocycles. The van der Waals surface area contributed by atoms with E-state index in [1.165, 1.54) is 0 Å². The SMILES string of the molecule is Oc1cccc(Cc2nc(CCOCC(F)(F)F)no2)c1. The fourth-order valence-electron chi connectivity index (χ4n) is 1.66. The zero-order chi connectivity index (χ0) is 15.3. The Morgan fingerprint density at radius 3 is 2.81 bits per heavy atom. The van der Waals surface area contributed by atoms with E-state index in [9.17, 15) is 18.3 Å². The number of rotatable bonds is 6. The zero-order valence-electron chi connectivity index (χ0n) is 10.9. The molecule has 0 fully saturated rings. The summed E-state index contributed by atoms with van der Waals surface area (Å²) in [5, 5.41) is 13.0. The summed E-state index contributed by atoms with van der Waals surface area (Å²) in [6, 6.07) is 6.58. The van der Waals surface area contributed by atoms with Gasteiger partial charge in [0, 0.05) is 6.42 Å². The molecule has 0 unspecified atom stereocenters. The quantitative estimate of drug-likeness (QED) is 0.830. The van der Waals surface area contributed by atoms with Crippen molar-refractivity contribution >= 4 is 0 Å². The number of alkyl halides is 3. The molecule has 0 spiro atoms. The topological polar surface area (TPSA) is 68.4 Å². The first kappa shape index (κ1) is 15.3. The van der Waals surface area contributed by atoms with Gasteiger partial charge in [-0.25, -0.2) is 0 Å². The van der Waals surface area contributed by atoms with Crippen LogP contribution in [0, 0.1) is 0 Å². The minimum absolute atomic E-state index is 0.132. The van der Waals surface area contributed by atoms with Crippen LogP contribution in [0.15, 0.2) is 28.8 Å². The number of hydrogen-bond acceptors (Lipinski definition) is 5. The first-order valence-electron chi connectivity index (χ1n) is 6.16. The van der Waals surface area contributed by atoms with Crippen LogP contribution in [0.3, 0.4) is 0 Å².